The van der Waals surface area contributed by atoms with Crippen molar-refractivity contribution >= 4 is 17.8 Å². The molecule has 0 aromatic heterocycles. The maximum atomic E-state index is 12.7. The Labute approximate surface area is 148 Å². The van der Waals surface area contributed by atoms with Crippen molar-refractivity contribution in [2.45, 2.75) is 33.6 Å². The zero-order valence-electron chi connectivity index (χ0n) is 15.3. The summed E-state index contributed by atoms with van der Waals surface area (Å²) in [6.45, 7) is 6.50. The lowest BCUT2D eigenvalue weighted by atomic mass is 9.98. The molecule has 6 heteroatoms. The number of carboxylic acid groups (broad SMARTS) is 1. The molecule has 1 atom stereocenters. The minimum Gasteiger partial charge on any atom is -0.481 e. The van der Waals surface area contributed by atoms with E-state index in [1.165, 1.54) is 4.90 Å². The summed E-state index contributed by atoms with van der Waals surface area (Å²) >= 11 is 0. The van der Waals surface area contributed by atoms with E-state index in [9.17, 15) is 14.4 Å². The number of hydrogen-bond acceptors (Lipinski definition) is 3. The van der Waals surface area contributed by atoms with Gasteiger partial charge in [-0.15, -0.1) is 0 Å². The van der Waals surface area contributed by atoms with Crippen LogP contribution in [0.3, 0.4) is 0 Å². The first-order valence-electron chi connectivity index (χ1n) is 8.54. The van der Waals surface area contributed by atoms with Gasteiger partial charge in [0.1, 0.15) is 0 Å². The van der Waals surface area contributed by atoms with Crippen molar-refractivity contribution < 1.29 is 19.5 Å². The van der Waals surface area contributed by atoms with E-state index in [2.05, 4.69) is 0 Å². The Balaban J connectivity index is 2.06. The summed E-state index contributed by atoms with van der Waals surface area (Å²) in [5, 5.41) is 9.14. The average Bonchev–Trinajstić information content (AvgIpc) is 2.53. The van der Waals surface area contributed by atoms with Crippen LogP contribution in [-0.2, 0) is 9.59 Å². The number of carbonyl (C=O) groups is 3. The number of carboxylic acids is 1. The number of likely N-dealkylation sites (tertiary alicyclic amines) is 1. The van der Waals surface area contributed by atoms with Gasteiger partial charge in [-0.3, -0.25) is 14.4 Å². The number of likely N-dealkylation sites (N-methyl/N-ethyl adjacent to an activating group) is 1. The third-order valence-corrected chi connectivity index (χ3v) is 4.73. The average molecular weight is 346 g/mol. The predicted molar refractivity (Wildman–Crippen MR) is 94.6 cm³/mol. The van der Waals surface area contributed by atoms with Crippen LogP contribution in [0.25, 0.3) is 0 Å². The molecule has 25 heavy (non-hydrogen) atoms. The summed E-state index contributed by atoms with van der Waals surface area (Å²) in [4.78, 5) is 39.3. The van der Waals surface area contributed by atoms with E-state index >= 15 is 0 Å². The second-order valence-electron chi connectivity index (χ2n) is 6.95. The van der Waals surface area contributed by atoms with E-state index in [1.54, 1.807) is 11.9 Å². The molecule has 0 spiro atoms. The van der Waals surface area contributed by atoms with Gasteiger partial charge >= 0.3 is 5.97 Å². The number of aryl methyl sites for hydroxylation is 3. The summed E-state index contributed by atoms with van der Waals surface area (Å²) in [7, 11) is 1.61. The molecule has 2 rings (SSSR count). The van der Waals surface area contributed by atoms with Gasteiger partial charge in [0.2, 0.25) is 5.91 Å². The van der Waals surface area contributed by atoms with Crippen LogP contribution in [0, 0.1) is 26.7 Å². The number of rotatable bonds is 4. The van der Waals surface area contributed by atoms with Crippen LogP contribution in [0.1, 0.15) is 39.9 Å². The Bertz CT molecular complexity index is 676. The number of carbonyl (C=O) groups excluding carboxylic acids is 2. The fourth-order valence-corrected chi connectivity index (χ4v) is 3.49. The maximum Gasteiger partial charge on any atom is 0.308 e. The molecule has 136 valence electrons. The molecule has 1 saturated heterocycles. The molecule has 1 fully saturated rings. The standard InChI is InChI=1S/C19H26N2O4/c1-12-8-13(2)17(14(3)9-12)18(23)20(4)11-16(22)21-7-5-6-15(10-21)19(24)25/h8-9,15H,5-7,10-11H2,1-4H3,(H,24,25). The molecule has 6 nitrogen and oxygen atoms in total. The molecule has 1 aromatic carbocycles. The first-order chi connectivity index (χ1) is 11.7. The molecule has 1 aromatic rings. The van der Waals surface area contributed by atoms with Gasteiger partial charge in [-0.25, -0.2) is 0 Å². The van der Waals surface area contributed by atoms with Crippen LogP contribution in [0.2, 0.25) is 0 Å². The van der Waals surface area contributed by atoms with E-state index in [1.807, 2.05) is 32.9 Å². The zero-order chi connectivity index (χ0) is 18.7. The van der Waals surface area contributed by atoms with Crippen LogP contribution in [0.5, 0.6) is 0 Å². The number of hydrogen-bond donors (Lipinski definition) is 1. The van der Waals surface area contributed by atoms with Crippen molar-refractivity contribution in [3.05, 3.63) is 34.4 Å². The van der Waals surface area contributed by atoms with Crippen LogP contribution in [0.4, 0.5) is 0 Å². The van der Waals surface area contributed by atoms with E-state index in [0.717, 1.165) is 16.7 Å². The summed E-state index contributed by atoms with van der Waals surface area (Å²) in [5.74, 6) is -1.77. The fourth-order valence-electron chi connectivity index (χ4n) is 3.49. The highest BCUT2D eigenvalue weighted by Crippen LogP contribution is 2.19. The minimum atomic E-state index is -0.868. The molecule has 0 bridgehead atoms. The third kappa shape index (κ3) is 4.38. The van der Waals surface area contributed by atoms with Crippen molar-refractivity contribution in [1.82, 2.24) is 9.80 Å². The predicted octanol–water partition coefficient (Wildman–Crippen LogP) is 2.01. The van der Waals surface area contributed by atoms with Gasteiger partial charge in [0.25, 0.3) is 5.91 Å². The highest BCUT2D eigenvalue weighted by Gasteiger charge is 2.29. The van der Waals surface area contributed by atoms with Gasteiger partial charge in [0.05, 0.1) is 12.5 Å². The van der Waals surface area contributed by atoms with Crippen molar-refractivity contribution in [2.24, 2.45) is 5.92 Å². The van der Waals surface area contributed by atoms with Gasteiger partial charge < -0.3 is 14.9 Å². The molecule has 0 radical (unpaired) electrons. The van der Waals surface area contributed by atoms with E-state index in [-0.39, 0.29) is 24.9 Å². The zero-order valence-corrected chi connectivity index (χ0v) is 15.3. The summed E-state index contributed by atoms with van der Waals surface area (Å²) in [6.07, 6.45) is 1.27. The Morgan fingerprint density at radius 1 is 1.20 bits per heavy atom. The molecule has 0 saturated carbocycles. The topological polar surface area (TPSA) is 77.9 Å². The Kier molecular flexibility index (Phi) is 5.82. The monoisotopic (exact) mass is 346 g/mol. The van der Waals surface area contributed by atoms with Gasteiger partial charge in [-0.1, -0.05) is 17.7 Å². The number of nitrogens with zero attached hydrogens (tertiary/aromatic N) is 2. The number of aliphatic carboxylic acids is 1. The maximum absolute atomic E-state index is 12.7. The van der Waals surface area contributed by atoms with Crippen LogP contribution < -0.4 is 0 Å². The normalized spacial score (nSPS) is 17.3. The van der Waals surface area contributed by atoms with Gasteiger partial charge in [0, 0.05) is 25.7 Å². The second kappa shape index (κ2) is 7.68. The lowest BCUT2D eigenvalue weighted by Gasteiger charge is -2.32. The van der Waals surface area contributed by atoms with Crippen molar-refractivity contribution in [3.63, 3.8) is 0 Å². The Morgan fingerprint density at radius 3 is 2.36 bits per heavy atom. The molecule has 1 aliphatic heterocycles. The lowest BCUT2D eigenvalue weighted by molar-refractivity contribution is -0.145. The van der Waals surface area contributed by atoms with Crippen molar-refractivity contribution in [2.75, 3.05) is 26.7 Å². The smallest absolute Gasteiger partial charge is 0.308 e. The first-order valence-corrected chi connectivity index (χ1v) is 8.54. The lowest BCUT2D eigenvalue weighted by Crippen LogP contribution is -2.47. The third-order valence-electron chi connectivity index (χ3n) is 4.73. The summed E-state index contributed by atoms with van der Waals surface area (Å²) < 4.78 is 0. The van der Waals surface area contributed by atoms with Gasteiger partial charge in [-0.05, 0) is 44.7 Å². The van der Waals surface area contributed by atoms with Crippen molar-refractivity contribution in [1.29, 1.82) is 0 Å². The quantitative estimate of drug-likeness (QED) is 0.905. The number of piperidine rings is 1. The largest absolute Gasteiger partial charge is 0.481 e. The highest BCUT2D eigenvalue weighted by atomic mass is 16.4. The fraction of sp³-hybridized carbons (Fsp3) is 0.526. The summed E-state index contributed by atoms with van der Waals surface area (Å²) in [5.41, 5.74) is 3.51. The number of amides is 2. The van der Waals surface area contributed by atoms with E-state index < -0.39 is 11.9 Å². The molecule has 1 aliphatic rings. The molecular formula is C19H26N2O4. The molecule has 1 heterocycles. The van der Waals surface area contributed by atoms with Crippen molar-refractivity contribution in [3.8, 4) is 0 Å². The summed E-state index contributed by atoms with van der Waals surface area (Å²) in [6, 6.07) is 3.91. The highest BCUT2D eigenvalue weighted by molar-refractivity contribution is 5.98. The van der Waals surface area contributed by atoms with Crippen LogP contribution in [-0.4, -0.2) is 59.4 Å². The first kappa shape index (κ1) is 19.0. The molecular weight excluding hydrogens is 320 g/mol. The molecule has 0 aliphatic carbocycles. The Morgan fingerprint density at radius 2 is 1.80 bits per heavy atom. The second-order valence-corrected chi connectivity index (χ2v) is 6.95. The van der Waals surface area contributed by atoms with Crippen LogP contribution in [0.15, 0.2) is 12.1 Å². The Hall–Kier alpha value is -2.37. The molecule has 1 N–H and O–H groups in total. The van der Waals surface area contributed by atoms with E-state index in [4.69, 9.17) is 5.11 Å². The minimum absolute atomic E-state index is 0.0437. The van der Waals surface area contributed by atoms with Crippen LogP contribution >= 0.6 is 0 Å². The van der Waals surface area contributed by atoms with Gasteiger partial charge in [0.15, 0.2) is 0 Å². The molecule has 1 unspecified atom stereocenters. The van der Waals surface area contributed by atoms with E-state index in [0.29, 0.717) is 24.9 Å². The number of benzene rings is 1. The SMILES string of the molecule is Cc1cc(C)c(C(=O)N(C)CC(=O)N2CCCC(C(=O)O)C2)c(C)c1. The molecule has 2 amide bonds. The van der Waals surface area contributed by atoms with Gasteiger partial charge in [-0.2, -0.15) is 0 Å².